The first-order valence-corrected chi connectivity index (χ1v) is 5.38. The molecular weight excluding hydrogens is 164 g/mol. The maximum Gasteiger partial charge on any atom is 0.141 e. The Kier molecular flexibility index (Phi) is 0.602. The molecule has 1 unspecified atom stereocenters. The molecule has 5 rings (SSSR count). The normalized spacial score (nSPS) is 74.2. The Morgan fingerprint density at radius 1 is 0.769 bits per heavy atom. The molecule has 5 fully saturated rings. The van der Waals surface area contributed by atoms with Crippen LogP contribution in [0.3, 0.4) is 0 Å². The highest BCUT2D eigenvalue weighted by molar-refractivity contribution is 6.06. The highest BCUT2D eigenvalue weighted by atomic mass is 16.1. The summed E-state index contributed by atoms with van der Waals surface area (Å²) in [6.07, 6.45) is 1.22. The van der Waals surface area contributed by atoms with Crippen LogP contribution in [-0.4, -0.2) is 11.6 Å². The molecule has 0 aromatic rings. The zero-order valence-corrected chi connectivity index (χ0v) is 7.14. The Morgan fingerprint density at radius 3 is 1.69 bits per heavy atom. The van der Waals surface area contributed by atoms with Crippen LogP contribution in [0.15, 0.2) is 0 Å². The summed E-state index contributed by atoms with van der Waals surface area (Å²) in [5.74, 6) is 4.49. The van der Waals surface area contributed by atoms with Crippen molar-refractivity contribution < 1.29 is 9.59 Å². The predicted octanol–water partition coefficient (Wildman–Crippen LogP) is 0.512. The van der Waals surface area contributed by atoms with Gasteiger partial charge < -0.3 is 0 Å². The molecule has 13 heavy (non-hydrogen) atoms. The summed E-state index contributed by atoms with van der Waals surface area (Å²) in [5.41, 5.74) is 0. The molecule has 0 saturated heterocycles. The smallest absolute Gasteiger partial charge is 0.141 e. The van der Waals surface area contributed by atoms with Crippen LogP contribution in [0.5, 0.6) is 0 Å². The minimum atomic E-state index is 0.211. The fourth-order valence-corrected chi connectivity index (χ4v) is 5.80. The van der Waals surface area contributed by atoms with E-state index in [2.05, 4.69) is 0 Å². The largest absolute Gasteiger partial charge is 0.299 e. The molecule has 66 valence electrons. The number of carbonyl (C=O) groups excluding carboxylic acids is 2. The van der Waals surface area contributed by atoms with Crippen LogP contribution in [-0.2, 0) is 9.59 Å². The van der Waals surface area contributed by atoms with Gasteiger partial charge in [0, 0.05) is 23.7 Å². The molecule has 0 aromatic carbocycles. The van der Waals surface area contributed by atoms with Crippen molar-refractivity contribution in [2.75, 3.05) is 0 Å². The molecule has 0 spiro atoms. The highest BCUT2D eigenvalue weighted by Gasteiger charge is 2.84. The van der Waals surface area contributed by atoms with E-state index in [-0.39, 0.29) is 23.7 Å². The van der Waals surface area contributed by atoms with Gasteiger partial charge in [-0.1, -0.05) is 0 Å². The van der Waals surface area contributed by atoms with Crippen molar-refractivity contribution in [3.8, 4) is 0 Å². The molecule has 0 heterocycles. The zero-order chi connectivity index (χ0) is 8.48. The quantitative estimate of drug-likeness (QED) is 0.536. The summed E-state index contributed by atoms with van der Waals surface area (Å²) >= 11 is 0. The summed E-state index contributed by atoms with van der Waals surface area (Å²) in [5, 5.41) is 0. The summed E-state index contributed by atoms with van der Waals surface area (Å²) in [7, 11) is 0. The van der Waals surface area contributed by atoms with E-state index in [1.54, 1.807) is 0 Å². The van der Waals surface area contributed by atoms with E-state index in [1.807, 2.05) is 0 Å². The lowest BCUT2D eigenvalue weighted by Gasteiger charge is -2.42. The Labute approximate surface area is 75.7 Å². The molecule has 2 heteroatoms. The van der Waals surface area contributed by atoms with Crippen LogP contribution in [0.2, 0.25) is 0 Å². The molecule has 2 bridgehead atoms. The molecule has 8 atom stereocenters. The fraction of sp³-hybridized carbons (Fsp3) is 0.818. The van der Waals surface area contributed by atoms with Crippen LogP contribution in [0.4, 0.5) is 0 Å². The van der Waals surface area contributed by atoms with Crippen molar-refractivity contribution in [3.05, 3.63) is 0 Å². The van der Waals surface area contributed by atoms with E-state index in [1.165, 1.54) is 6.42 Å². The molecule has 0 aliphatic heterocycles. The molecule has 0 N–H and O–H groups in total. The van der Waals surface area contributed by atoms with E-state index >= 15 is 0 Å². The van der Waals surface area contributed by atoms with Gasteiger partial charge in [0.2, 0.25) is 0 Å². The number of ketones is 2. The molecule has 5 aliphatic carbocycles. The second-order valence-corrected chi connectivity index (χ2v) is 5.63. The lowest BCUT2D eigenvalue weighted by Crippen LogP contribution is -2.47. The van der Waals surface area contributed by atoms with Gasteiger partial charge in [0.05, 0.1) is 0 Å². The Balaban J connectivity index is 1.92. The fourth-order valence-electron chi connectivity index (χ4n) is 5.80. The van der Waals surface area contributed by atoms with Gasteiger partial charge in [0.25, 0.3) is 0 Å². The summed E-state index contributed by atoms with van der Waals surface area (Å²) in [6.45, 7) is 0. The number of Topliss-reactive ketones (excluding diaryl/α,β-unsaturated/α-hetero) is 2. The van der Waals surface area contributed by atoms with Crippen molar-refractivity contribution in [3.63, 3.8) is 0 Å². The second kappa shape index (κ2) is 1.32. The first-order chi connectivity index (χ1) is 6.30. The van der Waals surface area contributed by atoms with Gasteiger partial charge >= 0.3 is 0 Å². The van der Waals surface area contributed by atoms with Crippen LogP contribution in [0.25, 0.3) is 0 Å². The van der Waals surface area contributed by atoms with E-state index in [0.29, 0.717) is 35.2 Å². The average Bonchev–Trinajstić information content (AvgIpc) is 2.52. The molecule has 0 aromatic heterocycles. The number of carbonyl (C=O) groups is 2. The first kappa shape index (κ1) is 5.94. The number of rotatable bonds is 0. The van der Waals surface area contributed by atoms with E-state index in [4.69, 9.17) is 0 Å². The summed E-state index contributed by atoms with van der Waals surface area (Å²) < 4.78 is 0. The molecule has 0 radical (unpaired) electrons. The molecule has 5 saturated carbocycles. The maximum absolute atomic E-state index is 11.9. The molecular formula is C11H10O2. The third-order valence-corrected chi connectivity index (χ3v) is 5.82. The third kappa shape index (κ3) is 0.323. The second-order valence-electron chi connectivity index (χ2n) is 5.63. The van der Waals surface area contributed by atoms with Gasteiger partial charge in [-0.25, -0.2) is 0 Å². The van der Waals surface area contributed by atoms with Gasteiger partial charge in [-0.15, -0.1) is 0 Å². The minimum Gasteiger partial charge on any atom is -0.299 e. The molecule has 2 nitrogen and oxygen atoms in total. The van der Waals surface area contributed by atoms with E-state index in [9.17, 15) is 9.59 Å². The van der Waals surface area contributed by atoms with Crippen molar-refractivity contribution in [2.45, 2.75) is 6.42 Å². The molecule has 5 aliphatic rings. The maximum atomic E-state index is 11.9. The number of hydrogen-bond donors (Lipinski definition) is 0. The Morgan fingerprint density at radius 2 is 1.23 bits per heavy atom. The van der Waals surface area contributed by atoms with Gasteiger partial charge in [-0.3, -0.25) is 9.59 Å². The Bertz CT molecular complexity index is 346. The first-order valence-electron chi connectivity index (χ1n) is 5.38. The van der Waals surface area contributed by atoms with Crippen LogP contribution < -0.4 is 0 Å². The Hall–Kier alpha value is -0.660. The SMILES string of the molecule is O=C1C2[C@@H]3[C@H]4C[C@@H]5[C@@H](C(=O)[C@@H]2[C@@H]53)[C@@H]14. The average molecular weight is 174 g/mol. The third-order valence-electron chi connectivity index (χ3n) is 5.82. The number of fused-ring (bicyclic) bond motifs is 2. The van der Waals surface area contributed by atoms with Crippen molar-refractivity contribution in [1.82, 2.24) is 0 Å². The van der Waals surface area contributed by atoms with E-state index in [0.717, 1.165) is 0 Å². The van der Waals surface area contributed by atoms with E-state index < -0.39 is 0 Å². The van der Waals surface area contributed by atoms with Crippen LogP contribution >= 0.6 is 0 Å². The van der Waals surface area contributed by atoms with Crippen molar-refractivity contribution >= 4 is 11.6 Å². The van der Waals surface area contributed by atoms with Crippen molar-refractivity contribution in [1.29, 1.82) is 0 Å². The topological polar surface area (TPSA) is 34.1 Å². The van der Waals surface area contributed by atoms with Gasteiger partial charge in [-0.05, 0) is 30.1 Å². The standard InChI is InChI=1S/C11H10O2/c12-10-6-2-1-3-5-4(2)8(10)9(5)11(13)7(3)6/h2-9H,1H2/t2-,3+,4-,5+,6+,7-,8+,9?/m0/s1. The predicted molar refractivity (Wildman–Crippen MR) is 42.6 cm³/mol. The monoisotopic (exact) mass is 174 g/mol. The van der Waals surface area contributed by atoms with Gasteiger partial charge in [0.15, 0.2) is 0 Å². The lowest BCUT2D eigenvalue weighted by molar-refractivity contribution is -0.145. The van der Waals surface area contributed by atoms with Crippen molar-refractivity contribution in [2.24, 2.45) is 47.3 Å². The lowest BCUT2D eigenvalue weighted by atomic mass is 9.59. The molecule has 0 amide bonds. The summed E-state index contributed by atoms with van der Waals surface area (Å²) in [4.78, 5) is 23.8. The highest BCUT2D eigenvalue weighted by Crippen LogP contribution is 2.80. The van der Waals surface area contributed by atoms with Crippen LogP contribution in [0, 0.1) is 47.3 Å². The zero-order valence-electron chi connectivity index (χ0n) is 7.14. The summed E-state index contributed by atoms with van der Waals surface area (Å²) in [6, 6.07) is 0. The van der Waals surface area contributed by atoms with Crippen LogP contribution in [0.1, 0.15) is 6.42 Å². The number of hydrogen-bond acceptors (Lipinski definition) is 2. The minimum absolute atomic E-state index is 0.211. The van der Waals surface area contributed by atoms with Gasteiger partial charge in [-0.2, -0.15) is 0 Å². The van der Waals surface area contributed by atoms with Gasteiger partial charge in [0.1, 0.15) is 11.6 Å².